The molecule has 1 aliphatic rings. The first-order valence-corrected chi connectivity index (χ1v) is 7.62. The molecule has 5 nitrogen and oxygen atoms in total. The van der Waals surface area contributed by atoms with E-state index in [1.54, 1.807) is 25.3 Å². The maximum atomic E-state index is 12.5. The summed E-state index contributed by atoms with van der Waals surface area (Å²) in [6, 6.07) is 9.63. The Labute approximate surface area is 135 Å². The van der Waals surface area contributed by atoms with E-state index >= 15 is 0 Å². The number of pyridine rings is 1. The lowest BCUT2D eigenvalue weighted by Crippen LogP contribution is -2.33. The molecule has 1 amide bonds. The number of anilines is 1. The zero-order valence-electron chi connectivity index (χ0n) is 13.6. The first kappa shape index (κ1) is 15.3. The third kappa shape index (κ3) is 2.74. The summed E-state index contributed by atoms with van der Waals surface area (Å²) in [4.78, 5) is 26.5. The molecule has 0 unspecified atom stereocenters. The number of hydrogen-bond acceptors (Lipinski definition) is 3. The quantitative estimate of drug-likeness (QED) is 0.873. The second-order valence-corrected chi connectivity index (χ2v) is 5.94. The van der Waals surface area contributed by atoms with Crippen molar-refractivity contribution in [3.63, 3.8) is 0 Å². The Bertz CT molecular complexity index is 793. The predicted molar refractivity (Wildman–Crippen MR) is 89.1 cm³/mol. The molecule has 5 heteroatoms. The highest BCUT2D eigenvalue weighted by atomic mass is 16.5. The van der Waals surface area contributed by atoms with Crippen molar-refractivity contribution in [3.8, 4) is 5.75 Å². The maximum absolute atomic E-state index is 12.5. The molecule has 0 saturated carbocycles. The van der Waals surface area contributed by atoms with Crippen molar-refractivity contribution in [2.24, 2.45) is 7.05 Å². The molecule has 0 bridgehead atoms. The van der Waals surface area contributed by atoms with Crippen LogP contribution >= 0.6 is 0 Å². The summed E-state index contributed by atoms with van der Waals surface area (Å²) in [5.41, 5.74) is 2.29. The maximum Gasteiger partial charge on any atom is 0.274 e. The molecular formula is C18H20N2O3. The smallest absolute Gasteiger partial charge is 0.274 e. The highest BCUT2D eigenvalue weighted by Gasteiger charge is 2.33. The van der Waals surface area contributed by atoms with E-state index in [1.807, 2.05) is 37.3 Å². The second kappa shape index (κ2) is 5.91. The minimum atomic E-state index is -0.131. The zero-order chi connectivity index (χ0) is 16.6. The number of carbonyl (C=O) groups excluding carboxylic acids is 1. The van der Waals surface area contributed by atoms with Crippen LogP contribution in [-0.2, 0) is 11.8 Å². The molecule has 0 N–H and O–H groups in total. The SMILES string of the molecule is COc1ccc([C@H]2CC(=O)N(c3c(C)ccn(C)c3=O)C2)cc1. The number of nitrogens with zero attached hydrogens (tertiary/aromatic N) is 2. The molecule has 120 valence electrons. The van der Waals surface area contributed by atoms with Crippen molar-refractivity contribution in [2.75, 3.05) is 18.6 Å². The molecule has 3 rings (SSSR count). The molecule has 2 heterocycles. The normalized spacial score (nSPS) is 17.6. The van der Waals surface area contributed by atoms with Crippen LogP contribution in [0.15, 0.2) is 41.3 Å². The monoisotopic (exact) mass is 312 g/mol. The van der Waals surface area contributed by atoms with Crippen LogP contribution in [0, 0.1) is 6.92 Å². The van der Waals surface area contributed by atoms with Gasteiger partial charge in [0, 0.05) is 32.1 Å². The molecule has 0 radical (unpaired) electrons. The molecule has 0 spiro atoms. The molecule has 0 aliphatic carbocycles. The Morgan fingerprint density at radius 1 is 1.13 bits per heavy atom. The van der Waals surface area contributed by atoms with Gasteiger partial charge < -0.3 is 14.2 Å². The van der Waals surface area contributed by atoms with E-state index < -0.39 is 0 Å². The lowest BCUT2D eigenvalue weighted by atomic mass is 9.98. The van der Waals surface area contributed by atoms with E-state index in [4.69, 9.17) is 4.74 Å². The van der Waals surface area contributed by atoms with Crippen LogP contribution in [-0.4, -0.2) is 24.1 Å². The van der Waals surface area contributed by atoms with Gasteiger partial charge in [-0.3, -0.25) is 9.59 Å². The van der Waals surface area contributed by atoms with Crippen molar-refractivity contribution in [2.45, 2.75) is 19.3 Å². The number of rotatable bonds is 3. The average Bonchev–Trinajstić information content (AvgIpc) is 2.93. The van der Waals surface area contributed by atoms with Crippen LogP contribution in [0.4, 0.5) is 5.69 Å². The molecule has 1 aliphatic heterocycles. The molecule has 1 fully saturated rings. The van der Waals surface area contributed by atoms with Crippen LogP contribution in [0.5, 0.6) is 5.75 Å². The summed E-state index contributed by atoms with van der Waals surface area (Å²) in [5, 5.41) is 0. The zero-order valence-corrected chi connectivity index (χ0v) is 13.6. The molecule has 1 atom stereocenters. The van der Waals surface area contributed by atoms with Gasteiger partial charge in [0.15, 0.2) is 0 Å². The molecule has 1 aromatic carbocycles. The van der Waals surface area contributed by atoms with Gasteiger partial charge in [0.2, 0.25) is 5.91 Å². The van der Waals surface area contributed by atoms with Crippen LogP contribution in [0.2, 0.25) is 0 Å². The van der Waals surface area contributed by atoms with Crippen molar-refractivity contribution in [3.05, 3.63) is 58.0 Å². The van der Waals surface area contributed by atoms with Crippen LogP contribution in [0.3, 0.4) is 0 Å². The van der Waals surface area contributed by atoms with Gasteiger partial charge in [-0.1, -0.05) is 12.1 Å². The van der Waals surface area contributed by atoms with Gasteiger partial charge in [-0.05, 0) is 36.2 Å². The standard InChI is InChI=1S/C18H20N2O3/c1-12-8-9-19(2)18(22)17(12)20-11-14(10-16(20)21)13-4-6-15(23-3)7-5-13/h4-9,14H,10-11H2,1-3H3/t14-/m0/s1. The summed E-state index contributed by atoms with van der Waals surface area (Å²) in [6.45, 7) is 2.40. The number of benzene rings is 1. The number of carbonyl (C=O) groups is 1. The van der Waals surface area contributed by atoms with E-state index in [0.29, 0.717) is 18.7 Å². The third-order valence-electron chi connectivity index (χ3n) is 4.43. The fourth-order valence-corrected chi connectivity index (χ4v) is 3.06. The first-order valence-electron chi connectivity index (χ1n) is 7.62. The fraction of sp³-hybridized carbons (Fsp3) is 0.333. The van der Waals surface area contributed by atoms with Gasteiger partial charge in [-0.25, -0.2) is 0 Å². The van der Waals surface area contributed by atoms with Gasteiger partial charge in [0.1, 0.15) is 11.4 Å². The molecule has 1 aromatic heterocycles. The number of hydrogen-bond donors (Lipinski definition) is 0. The molecular weight excluding hydrogens is 292 g/mol. The highest BCUT2D eigenvalue weighted by Crippen LogP contribution is 2.32. The van der Waals surface area contributed by atoms with E-state index in [-0.39, 0.29) is 17.4 Å². The van der Waals surface area contributed by atoms with E-state index in [0.717, 1.165) is 16.9 Å². The van der Waals surface area contributed by atoms with Crippen LogP contribution in [0.1, 0.15) is 23.5 Å². The third-order valence-corrected chi connectivity index (χ3v) is 4.43. The van der Waals surface area contributed by atoms with Gasteiger partial charge in [-0.15, -0.1) is 0 Å². The lowest BCUT2D eigenvalue weighted by molar-refractivity contribution is -0.117. The van der Waals surface area contributed by atoms with Gasteiger partial charge in [-0.2, -0.15) is 0 Å². The molecule has 2 aromatic rings. The first-order chi connectivity index (χ1) is 11.0. The molecule has 1 saturated heterocycles. The molecule has 23 heavy (non-hydrogen) atoms. The topological polar surface area (TPSA) is 51.5 Å². The van der Waals surface area contributed by atoms with Crippen molar-refractivity contribution in [1.82, 2.24) is 4.57 Å². The second-order valence-electron chi connectivity index (χ2n) is 5.94. The Kier molecular flexibility index (Phi) is 3.94. The Balaban J connectivity index is 1.91. The summed E-state index contributed by atoms with van der Waals surface area (Å²) in [5.74, 6) is 0.887. The fourth-order valence-electron chi connectivity index (χ4n) is 3.06. The lowest BCUT2D eigenvalue weighted by Gasteiger charge is -2.19. The minimum Gasteiger partial charge on any atom is -0.497 e. The summed E-state index contributed by atoms with van der Waals surface area (Å²) < 4.78 is 6.68. The number of methoxy groups -OCH3 is 1. The predicted octanol–water partition coefficient (Wildman–Crippen LogP) is 2.22. The summed E-state index contributed by atoms with van der Waals surface area (Å²) in [7, 11) is 3.33. The Morgan fingerprint density at radius 2 is 1.83 bits per heavy atom. The van der Waals surface area contributed by atoms with Crippen molar-refractivity contribution >= 4 is 11.6 Å². The largest absolute Gasteiger partial charge is 0.497 e. The number of aryl methyl sites for hydroxylation is 2. The number of ether oxygens (including phenoxy) is 1. The summed E-state index contributed by atoms with van der Waals surface area (Å²) >= 11 is 0. The van der Waals surface area contributed by atoms with E-state index in [1.165, 1.54) is 4.57 Å². The minimum absolute atomic E-state index is 0.00258. The van der Waals surface area contributed by atoms with Gasteiger partial charge in [0.05, 0.1) is 7.11 Å². The Morgan fingerprint density at radius 3 is 2.48 bits per heavy atom. The number of aromatic nitrogens is 1. The highest BCUT2D eigenvalue weighted by molar-refractivity contribution is 5.97. The van der Waals surface area contributed by atoms with Crippen molar-refractivity contribution in [1.29, 1.82) is 0 Å². The number of amides is 1. The summed E-state index contributed by atoms with van der Waals surface area (Å²) in [6.07, 6.45) is 2.15. The average molecular weight is 312 g/mol. The van der Waals surface area contributed by atoms with Crippen LogP contribution < -0.4 is 15.2 Å². The van der Waals surface area contributed by atoms with Gasteiger partial charge in [0.25, 0.3) is 5.56 Å². The van der Waals surface area contributed by atoms with Gasteiger partial charge >= 0.3 is 0 Å². The van der Waals surface area contributed by atoms with E-state index in [2.05, 4.69) is 0 Å². The van der Waals surface area contributed by atoms with Crippen molar-refractivity contribution < 1.29 is 9.53 Å². The van der Waals surface area contributed by atoms with Crippen LogP contribution in [0.25, 0.3) is 0 Å². The Hall–Kier alpha value is -2.56. The van der Waals surface area contributed by atoms with E-state index in [9.17, 15) is 9.59 Å².